The number of nitrogens with two attached hydrogens (primary N) is 2. The van der Waals surface area contributed by atoms with Gasteiger partial charge in [0.2, 0.25) is 5.91 Å². The monoisotopic (exact) mass is 270 g/mol. The fourth-order valence-electron chi connectivity index (χ4n) is 2.68. The van der Waals surface area contributed by atoms with Gasteiger partial charge in [-0.15, -0.1) is 0 Å². The Hall–Kier alpha value is -2.14. The molecule has 1 saturated heterocycles. The molecular weight excluding hydrogens is 252 g/mol. The van der Waals surface area contributed by atoms with E-state index < -0.39 is 0 Å². The van der Waals surface area contributed by atoms with Gasteiger partial charge in [0.25, 0.3) is 0 Å². The number of hydrogen-bond donors (Lipinski definition) is 2. The number of fused-ring (bicyclic) bond motifs is 1. The molecule has 104 valence electrons. The van der Waals surface area contributed by atoms with Crippen LogP contribution in [0.3, 0.4) is 0 Å². The van der Waals surface area contributed by atoms with Crippen molar-refractivity contribution in [1.29, 1.82) is 0 Å². The van der Waals surface area contributed by atoms with Gasteiger partial charge in [0.1, 0.15) is 5.82 Å². The smallest absolute Gasteiger partial charge is 0.227 e. The fourth-order valence-corrected chi connectivity index (χ4v) is 2.68. The van der Waals surface area contributed by atoms with Crippen LogP contribution < -0.4 is 11.5 Å². The maximum Gasteiger partial charge on any atom is 0.227 e. The number of amides is 1. The van der Waals surface area contributed by atoms with Crippen LogP contribution >= 0.6 is 0 Å². The first-order valence-corrected chi connectivity index (χ1v) is 6.81. The minimum Gasteiger partial charge on any atom is -0.384 e. The Labute approximate surface area is 117 Å². The number of nitrogens with zero attached hydrogens (tertiary/aromatic N) is 2. The molecule has 3 rings (SSSR count). The van der Waals surface area contributed by atoms with Gasteiger partial charge in [-0.3, -0.25) is 4.79 Å². The predicted octanol–water partition coefficient (Wildman–Crippen LogP) is 1.12. The maximum atomic E-state index is 12.1. The van der Waals surface area contributed by atoms with Gasteiger partial charge in [0.05, 0.1) is 11.4 Å². The minimum atomic E-state index is -0.00998. The van der Waals surface area contributed by atoms with E-state index in [4.69, 9.17) is 11.5 Å². The zero-order valence-corrected chi connectivity index (χ0v) is 11.2. The molecule has 1 aromatic heterocycles. The first-order chi connectivity index (χ1) is 9.67. The lowest BCUT2D eigenvalue weighted by atomic mass is 10.1. The zero-order valence-electron chi connectivity index (χ0n) is 11.2. The Balaban J connectivity index is 1.83. The van der Waals surface area contributed by atoms with Crippen LogP contribution in [0, 0.1) is 5.92 Å². The number of anilines is 1. The quantitative estimate of drug-likeness (QED) is 0.875. The second kappa shape index (κ2) is 5.09. The average Bonchev–Trinajstić information content (AvgIpc) is 2.79. The van der Waals surface area contributed by atoms with E-state index in [1.807, 2.05) is 29.2 Å². The van der Waals surface area contributed by atoms with Gasteiger partial charge in [-0.1, -0.05) is 12.1 Å². The van der Waals surface area contributed by atoms with Crippen LogP contribution in [0.1, 0.15) is 12.0 Å². The molecule has 5 heteroatoms. The van der Waals surface area contributed by atoms with Crippen molar-refractivity contribution in [1.82, 2.24) is 9.88 Å². The third kappa shape index (κ3) is 2.32. The molecule has 20 heavy (non-hydrogen) atoms. The summed E-state index contributed by atoms with van der Waals surface area (Å²) < 4.78 is 0. The lowest BCUT2D eigenvalue weighted by Gasteiger charge is -2.16. The van der Waals surface area contributed by atoms with Crippen LogP contribution in [0.15, 0.2) is 30.3 Å². The molecule has 1 atom stereocenters. The summed E-state index contributed by atoms with van der Waals surface area (Å²) in [5.41, 5.74) is 13.2. The summed E-state index contributed by atoms with van der Waals surface area (Å²) in [5, 5.41) is 1.05. The molecule has 0 saturated carbocycles. The van der Waals surface area contributed by atoms with E-state index in [-0.39, 0.29) is 11.8 Å². The number of hydrogen-bond acceptors (Lipinski definition) is 4. The first kappa shape index (κ1) is 12.9. The van der Waals surface area contributed by atoms with E-state index in [1.165, 1.54) is 0 Å². The number of pyridine rings is 1. The van der Waals surface area contributed by atoms with Gasteiger partial charge in [-0.25, -0.2) is 4.98 Å². The lowest BCUT2D eigenvalue weighted by molar-refractivity contribution is -0.131. The Morgan fingerprint density at radius 3 is 2.85 bits per heavy atom. The summed E-state index contributed by atoms with van der Waals surface area (Å²) in [4.78, 5) is 18.3. The summed E-state index contributed by atoms with van der Waals surface area (Å²) in [7, 11) is 0. The Morgan fingerprint density at radius 1 is 1.30 bits per heavy atom. The fraction of sp³-hybridized carbons (Fsp3) is 0.333. The SMILES string of the molecule is NC[C@@H]1CCN(Cc2ccc3ccc(N)nc3c2)C1=O. The third-order valence-electron chi connectivity index (χ3n) is 3.84. The van der Waals surface area contributed by atoms with Crippen molar-refractivity contribution in [2.24, 2.45) is 11.7 Å². The van der Waals surface area contributed by atoms with Crippen LogP contribution in [-0.2, 0) is 11.3 Å². The van der Waals surface area contributed by atoms with Crippen LogP contribution in [0.4, 0.5) is 5.82 Å². The van der Waals surface area contributed by atoms with Crippen LogP contribution in [0.25, 0.3) is 10.9 Å². The van der Waals surface area contributed by atoms with Gasteiger partial charge in [0.15, 0.2) is 0 Å². The van der Waals surface area contributed by atoms with Crippen molar-refractivity contribution >= 4 is 22.6 Å². The summed E-state index contributed by atoms with van der Waals surface area (Å²) in [6.07, 6.45) is 0.855. The summed E-state index contributed by atoms with van der Waals surface area (Å²) >= 11 is 0. The van der Waals surface area contributed by atoms with Crippen LogP contribution in [0.5, 0.6) is 0 Å². The van der Waals surface area contributed by atoms with Crippen molar-refractivity contribution < 1.29 is 4.79 Å². The van der Waals surface area contributed by atoms with E-state index in [0.717, 1.165) is 29.4 Å². The second-order valence-corrected chi connectivity index (χ2v) is 5.24. The van der Waals surface area contributed by atoms with Gasteiger partial charge in [-0.2, -0.15) is 0 Å². The molecule has 5 nitrogen and oxygen atoms in total. The number of rotatable bonds is 3. The van der Waals surface area contributed by atoms with Crippen molar-refractivity contribution in [2.75, 3.05) is 18.8 Å². The number of carbonyl (C=O) groups is 1. The van der Waals surface area contributed by atoms with E-state index in [1.54, 1.807) is 6.07 Å². The predicted molar refractivity (Wildman–Crippen MR) is 78.7 cm³/mol. The molecule has 2 heterocycles. The zero-order chi connectivity index (χ0) is 14.1. The molecule has 1 fully saturated rings. The molecule has 2 aromatic rings. The molecule has 1 aliphatic heterocycles. The van der Waals surface area contributed by atoms with E-state index >= 15 is 0 Å². The van der Waals surface area contributed by atoms with Crippen molar-refractivity contribution in [3.8, 4) is 0 Å². The molecule has 1 aromatic carbocycles. The van der Waals surface area contributed by atoms with Crippen LogP contribution in [-0.4, -0.2) is 28.9 Å². The Morgan fingerprint density at radius 2 is 2.10 bits per heavy atom. The third-order valence-corrected chi connectivity index (χ3v) is 3.84. The molecule has 4 N–H and O–H groups in total. The molecule has 0 spiro atoms. The highest BCUT2D eigenvalue weighted by Gasteiger charge is 2.30. The summed E-state index contributed by atoms with van der Waals surface area (Å²) in [5.74, 6) is 0.660. The van der Waals surface area contributed by atoms with Gasteiger partial charge >= 0.3 is 0 Å². The highest BCUT2D eigenvalue weighted by molar-refractivity contribution is 5.82. The molecule has 1 aliphatic rings. The first-order valence-electron chi connectivity index (χ1n) is 6.81. The second-order valence-electron chi connectivity index (χ2n) is 5.24. The van der Waals surface area contributed by atoms with Crippen molar-refractivity contribution in [2.45, 2.75) is 13.0 Å². The van der Waals surface area contributed by atoms with Crippen molar-refractivity contribution in [3.63, 3.8) is 0 Å². The standard InChI is InChI=1S/C15H18N4O/c16-8-12-5-6-19(15(12)20)9-10-1-2-11-3-4-14(17)18-13(11)7-10/h1-4,7,12H,5-6,8-9,16H2,(H2,17,18)/t12-/m0/s1. The van der Waals surface area contributed by atoms with Gasteiger partial charge in [0, 0.05) is 25.0 Å². The topological polar surface area (TPSA) is 85.2 Å². The lowest BCUT2D eigenvalue weighted by Crippen LogP contribution is -2.29. The Bertz CT molecular complexity index is 655. The number of carbonyl (C=O) groups excluding carboxylic acids is 1. The average molecular weight is 270 g/mol. The van der Waals surface area contributed by atoms with Crippen molar-refractivity contribution in [3.05, 3.63) is 35.9 Å². The highest BCUT2D eigenvalue weighted by atomic mass is 16.2. The van der Waals surface area contributed by atoms with Crippen LogP contribution in [0.2, 0.25) is 0 Å². The summed E-state index contributed by atoms with van der Waals surface area (Å²) in [6.45, 7) is 1.83. The van der Waals surface area contributed by atoms with E-state index in [9.17, 15) is 4.79 Å². The van der Waals surface area contributed by atoms with E-state index in [0.29, 0.717) is 18.9 Å². The largest absolute Gasteiger partial charge is 0.384 e. The van der Waals surface area contributed by atoms with Gasteiger partial charge in [-0.05, 0) is 30.2 Å². The maximum absolute atomic E-state index is 12.1. The molecule has 0 unspecified atom stereocenters. The molecular formula is C15H18N4O. The molecule has 0 aliphatic carbocycles. The normalized spacial score (nSPS) is 18.9. The number of aromatic nitrogens is 1. The van der Waals surface area contributed by atoms with Gasteiger partial charge < -0.3 is 16.4 Å². The number of nitrogen functional groups attached to an aromatic ring is 1. The molecule has 0 radical (unpaired) electrons. The minimum absolute atomic E-state index is 0.00998. The summed E-state index contributed by atoms with van der Waals surface area (Å²) in [6, 6.07) is 9.78. The number of benzene rings is 1. The highest BCUT2D eigenvalue weighted by Crippen LogP contribution is 2.21. The number of likely N-dealkylation sites (tertiary alicyclic amines) is 1. The van der Waals surface area contributed by atoms with E-state index in [2.05, 4.69) is 4.98 Å². The molecule has 0 bridgehead atoms. The molecule has 1 amide bonds. The Kier molecular flexibility index (Phi) is 3.28.